The van der Waals surface area contributed by atoms with Crippen LogP contribution in [0.1, 0.15) is 6.92 Å². The van der Waals surface area contributed by atoms with E-state index in [0.717, 1.165) is 18.1 Å². The molecule has 0 radical (unpaired) electrons. The molecule has 0 saturated heterocycles. The normalized spacial score (nSPS) is 10.3. The molecule has 2 heterocycles. The number of aromatic nitrogens is 3. The summed E-state index contributed by atoms with van der Waals surface area (Å²) in [5.74, 6) is 0.420. The molecular formula is C10H11FN4. The van der Waals surface area contributed by atoms with Gasteiger partial charge in [-0.15, -0.1) is 0 Å². The first-order chi connectivity index (χ1) is 7.29. The molecule has 0 spiro atoms. The highest BCUT2D eigenvalue weighted by molar-refractivity contribution is 5.58. The van der Waals surface area contributed by atoms with Crippen LogP contribution in [-0.4, -0.2) is 21.7 Å². The Labute approximate surface area is 86.6 Å². The zero-order valence-corrected chi connectivity index (χ0v) is 8.29. The lowest BCUT2D eigenvalue weighted by molar-refractivity contribution is 0.622. The first kappa shape index (κ1) is 9.64. The van der Waals surface area contributed by atoms with Crippen molar-refractivity contribution in [1.29, 1.82) is 0 Å². The standard InChI is InChI=1S/C10H11FN4/c1-2-12-10-5-9(14-15-10)8-4-3-7(11)6-13-8/h3-6H,2H2,1H3,(H2,12,14,15). The van der Waals surface area contributed by atoms with Crippen molar-refractivity contribution in [3.8, 4) is 11.4 Å². The summed E-state index contributed by atoms with van der Waals surface area (Å²) in [6, 6.07) is 4.82. The van der Waals surface area contributed by atoms with Crippen molar-refractivity contribution in [2.45, 2.75) is 6.92 Å². The number of rotatable bonds is 3. The lowest BCUT2D eigenvalue weighted by atomic mass is 10.3. The summed E-state index contributed by atoms with van der Waals surface area (Å²) in [7, 11) is 0. The molecule has 15 heavy (non-hydrogen) atoms. The van der Waals surface area contributed by atoms with Gasteiger partial charge in [-0.1, -0.05) is 0 Å². The fourth-order valence-electron chi connectivity index (χ4n) is 1.26. The first-order valence-corrected chi connectivity index (χ1v) is 4.71. The predicted octanol–water partition coefficient (Wildman–Crippen LogP) is 2.04. The topological polar surface area (TPSA) is 53.6 Å². The van der Waals surface area contributed by atoms with Gasteiger partial charge in [0.25, 0.3) is 0 Å². The third-order valence-corrected chi connectivity index (χ3v) is 1.94. The summed E-state index contributed by atoms with van der Waals surface area (Å²) >= 11 is 0. The van der Waals surface area contributed by atoms with E-state index in [1.807, 2.05) is 13.0 Å². The second-order valence-corrected chi connectivity index (χ2v) is 3.06. The number of anilines is 1. The van der Waals surface area contributed by atoms with E-state index in [1.165, 1.54) is 12.3 Å². The number of hydrogen-bond acceptors (Lipinski definition) is 3. The summed E-state index contributed by atoms with van der Waals surface area (Å²) in [5, 5.41) is 9.93. The fraction of sp³-hybridized carbons (Fsp3) is 0.200. The Morgan fingerprint density at radius 2 is 2.33 bits per heavy atom. The summed E-state index contributed by atoms with van der Waals surface area (Å²) in [4.78, 5) is 3.95. The van der Waals surface area contributed by atoms with Crippen molar-refractivity contribution >= 4 is 5.82 Å². The van der Waals surface area contributed by atoms with Crippen LogP contribution in [0.4, 0.5) is 10.2 Å². The van der Waals surface area contributed by atoms with Gasteiger partial charge in [0, 0.05) is 12.6 Å². The SMILES string of the molecule is CCNc1cc(-c2ccc(F)cn2)[nH]n1. The van der Waals surface area contributed by atoms with Crippen molar-refractivity contribution in [1.82, 2.24) is 15.2 Å². The van der Waals surface area contributed by atoms with Crippen LogP contribution in [0.2, 0.25) is 0 Å². The molecule has 2 aromatic rings. The molecule has 5 heteroatoms. The first-order valence-electron chi connectivity index (χ1n) is 4.71. The van der Waals surface area contributed by atoms with Crippen molar-refractivity contribution in [2.24, 2.45) is 0 Å². The van der Waals surface area contributed by atoms with Gasteiger partial charge in [0.1, 0.15) is 11.6 Å². The molecule has 0 aliphatic carbocycles. The Kier molecular flexibility index (Phi) is 2.62. The van der Waals surface area contributed by atoms with E-state index >= 15 is 0 Å². The molecule has 0 bridgehead atoms. The third-order valence-electron chi connectivity index (χ3n) is 1.94. The Hall–Kier alpha value is -1.91. The maximum absolute atomic E-state index is 12.6. The van der Waals surface area contributed by atoms with Gasteiger partial charge in [-0.25, -0.2) is 4.39 Å². The van der Waals surface area contributed by atoms with Gasteiger partial charge in [-0.2, -0.15) is 5.10 Å². The summed E-state index contributed by atoms with van der Waals surface area (Å²) in [6.07, 6.45) is 1.18. The zero-order valence-electron chi connectivity index (χ0n) is 8.29. The number of aromatic amines is 1. The van der Waals surface area contributed by atoms with Crippen LogP contribution in [0.3, 0.4) is 0 Å². The molecule has 0 aliphatic rings. The van der Waals surface area contributed by atoms with Crippen molar-refractivity contribution < 1.29 is 4.39 Å². The maximum atomic E-state index is 12.6. The Morgan fingerprint density at radius 1 is 1.47 bits per heavy atom. The van der Waals surface area contributed by atoms with E-state index in [1.54, 1.807) is 6.07 Å². The van der Waals surface area contributed by atoms with Crippen molar-refractivity contribution in [2.75, 3.05) is 11.9 Å². The molecule has 0 unspecified atom stereocenters. The monoisotopic (exact) mass is 206 g/mol. The van der Waals surface area contributed by atoms with Gasteiger partial charge in [0.05, 0.1) is 17.6 Å². The van der Waals surface area contributed by atoms with Crippen LogP contribution < -0.4 is 5.32 Å². The van der Waals surface area contributed by atoms with E-state index in [0.29, 0.717) is 5.69 Å². The number of nitrogens with one attached hydrogen (secondary N) is 2. The summed E-state index contributed by atoms with van der Waals surface area (Å²) < 4.78 is 12.6. The largest absolute Gasteiger partial charge is 0.369 e. The molecular weight excluding hydrogens is 195 g/mol. The van der Waals surface area contributed by atoms with Crippen molar-refractivity contribution in [3.05, 3.63) is 30.2 Å². The number of H-pyrrole nitrogens is 1. The highest BCUT2D eigenvalue weighted by Crippen LogP contribution is 2.17. The van der Waals surface area contributed by atoms with Gasteiger partial charge < -0.3 is 5.32 Å². The Balaban J connectivity index is 2.25. The van der Waals surface area contributed by atoms with Crippen LogP contribution in [0.15, 0.2) is 24.4 Å². The van der Waals surface area contributed by atoms with Crippen LogP contribution in [0.5, 0.6) is 0 Å². The van der Waals surface area contributed by atoms with Gasteiger partial charge in [-0.3, -0.25) is 10.1 Å². The highest BCUT2D eigenvalue weighted by atomic mass is 19.1. The number of pyridine rings is 1. The molecule has 0 aromatic carbocycles. The fourth-order valence-corrected chi connectivity index (χ4v) is 1.26. The smallest absolute Gasteiger partial charge is 0.148 e. The quantitative estimate of drug-likeness (QED) is 0.808. The molecule has 2 aromatic heterocycles. The van der Waals surface area contributed by atoms with E-state index in [4.69, 9.17) is 0 Å². The van der Waals surface area contributed by atoms with E-state index in [9.17, 15) is 4.39 Å². The van der Waals surface area contributed by atoms with Gasteiger partial charge in [0.15, 0.2) is 0 Å². The van der Waals surface area contributed by atoms with E-state index in [2.05, 4.69) is 20.5 Å². The Morgan fingerprint density at radius 3 is 3.00 bits per heavy atom. The lowest BCUT2D eigenvalue weighted by Crippen LogP contribution is -1.95. The molecule has 2 N–H and O–H groups in total. The molecule has 4 nitrogen and oxygen atoms in total. The summed E-state index contributed by atoms with van der Waals surface area (Å²) in [5.41, 5.74) is 1.44. The minimum atomic E-state index is -0.342. The van der Waals surface area contributed by atoms with Crippen LogP contribution in [0, 0.1) is 5.82 Å². The van der Waals surface area contributed by atoms with E-state index in [-0.39, 0.29) is 5.82 Å². The van der Waals surface area contributed by atoms with Crippen LogP contribution >= 0.6 is 0 Å². The van der Waals surface area contributed by atoms with Gasteiger partial charge in [-0.05, 0) is 19.1 Å². The van der Waals surface area contributed by atoms with Gasteiger partial charge in [0.2, 0.25) is 0 Å². The Bertz CT molecular complexity index is 435. The molecule has 0 amide bonds. The van der Waals surface area contributed by atoms with E-state index < -0.39 is 0 Å². The predicted molar refractivity (Wildman–Crippen MR) is 55.9 cm³/mol. The van der Waals surface area contributed by atoms with Crippen LogP contribution in [-0.2, 0) is 0 Å². The highest BCUT2D eigenvalue weighted by Gasteiger charge is 2.03. The molecule has 78 valence electrons. The lowest BCUT2D eigenvalue weighted by Gasteiger charge is -1.95. The number of halogens is 1. The number of hydrogen-bond donors (Lipinski definition) is 2. The molecule has 2 rings (SSSR count). The average molecular weight is 206 g/mol. The molecule has 0 aliphatic heterocycles. The minimum absolute atomic E-state index is 0.342. The second-order valence-electron chi connectivity index (χ2n) is 3.06. The average Bonchev–Trinajstić information content (AvgIpc) is 2.68. The molecule has 0 atom stereocenters. The maximum Gasteiger partial charge on any atom is 0.148 e. The molecule has 0 saturated carbocycles. The third kappa shape index (κ3) is 2.12. The summed E-state index contributed by atoms with van der Waals surface area (Å²) in [6.45, 7) is 2.80. The van der Waals surface area contributed by atoms with Crippen molar-refractivity contribution in [3.63, 3.8) is 0 Å². The molecule has 0 fully saturated rings. The van der Waals surface area contributed by atoms with Crippen LogP contribution in [0.25, 0.3) is 11.4 Å². The zero-order chi connectivity index (χ0) is 10.7. The van der Waals surface area contributed by atoms with Gasteiger partial charge >= 0.3 is 0 Å². The number of nitrogens with zero attached hydrogens (tertiary/aromatic N) is 2. The minimum Gasteiger partial charge on any atom is -0.369 e. The second kappa shape index (κ2) is 4.08.